The van der Waals surface area contributed by atoms with Crippen LogP contribution in [-0.4, -0.2) is 18.2 Å². The fourth-order valence-corrected chi connectivity index (χ4v) is 2.66. The van der Waals surface area contributed by atoms with Gasteiger partial charge in [-0.1, -0.05) is 12.1 Å². The van der Waals surface area contributed by atoms with E-state index < -0.39 is 0 Å². The van der Waals surface area contributed by atoms with Crippen LogP contribution in [0.2, 0.25) is 0 Å². The summed E-state index contributed by atoms with van der Waals surface area (Å²) in [5, 5.41) is 2.79. The highest BCUT2D eigenvalue weighted by Crippen LogP contribution is 2.20. The zero-order chi connectivity index (χ0) is 15.0. The molecule has 1 aliphatic rings. The molecular weight excluding hydrogens is 264 g/mol. The first kappa shape index (κ1) is 13.4. The molecule has 0 spiro atoms. The smallest absolute Gasteiger partial charge is 0.251 e. The first-order chi connectivity index (χ1) is 10.0. The van der Waals surface area contributed by atoms with E-state index in [0.29, 0.717) is 28.9 Å². The van der Waals surface area contributed by atoms with E-state index in [1.807, 2.05) is 19.1 Å². The van der Waals surface area contributed by atoms with Crippen molar-refractivity contribution >= 4 is 17.4 Å². The SMILES string of the molecule is Cc1cc(N)cc(C(=O)c2ccc3c(c2)C(=O)NCC3)c1. The summed E-state index contributed by atoms with van der Waals surface area (Å²) < 4.78 is 0. The third kappa shape index (κ3) is 2.52. The van der Waals surface area contributed by atoms with Gasteiger partial charge in [0.2, 0.25) is 0 Å². The average molecular weight is 280 g/mol. The number of hydrogen-bond donors (Lipinski definition) is 2. The first-order valence-electron chi connectivity index (χ1n) is 6.87. The minimum atomic E-state index is -0.119. The molecule has 0 saturated heterocycles. The summed E-state index contributed by atoms with van der Waals surface area (Å²) in [6, 6.07) is 10.6. The molecule has 0 radical (unpaired) electrons. The van der Waals surface area contributed by atoms with Crippen LogP contribution in [0.25, 0.3) is 0 Å². The maximum atomic E-state index is 12.6. The number of aryl methyl sites for hydroxylation is 1. The van der Waals surface area contributed by atoms with Gasteiger partial charge in [0.1, 0.15) is 0 Å². The van der Waals surface area contributed by atoms with Crippen LogP contribution in [0.4, 0.5) is 5.69 Å². The van der Waals surface area contributed by atoms with Crippen molar-refractivity contribution in [2.75, 3.05) is 12.3 Å². The summed E-state index contributed by atoms with van der Waals surface area (Å²) in [7, 11) is 0. The maximum absolute atomic E-state index is 12.6. The van der Waals surface area contributed by atoms with Crippen molar-refractivity contribution in [1.29, 1.82) is 0 Å². The molecule has 4 nitrogen and oxygen atoms in total. The van der Waals surface area contributed by atoms with Crippen molar-refractivity contribution < 1.29 is 9.59 Å². The van der Waals surface area contributed by atoms with Gasteiger partial charge in [-0.25, -0.2) is 0 Å². The molecule has 0 aromatic heterocycles. The molecule has 0 saturated carbocycles. The summed E-state index contributed by atoms with van der Waals surface area (Å²) >= 11 is 0. The molecule has 2 aromatic rings. The van der Waals surface area contributed by atoms with Crippen LogP contribution in [0.15, 0.2) is 36.4 Å². The number of rotatable bonds is 2. The molecule has 1 aliphatic heterocycles. The number of carbonyl (C=O) groups excluding carboxylic acids is 2. The number of hydrogen-bond acceptors (Lipinski definition) is 3. The molecule has 106 valence electrons. The third-order valence-corrected chi connectivity index (χ3v) is 3.66. The molecule has 3 rings (SSSR count). The maximum Gasteiger partial charge on any atom is 0.251 e. The van der Waals surface area contributed by atoms with Gasteiger partial charge in [-0.05, 0) is 48.7 Å². The number of nitrogen functional groups attached to an aromatic ring is 1. The van der Waals surface area contributed by atoms with E-state index in [-0.39, 0.29) is 11.7 Å². The molecule has 0 aliphatic carbocycles. The average Bonchev–Trinajstić information content (AvgIpc) is 2.45. The topological polar surface area (TPSA) is 72.2 Å². The van der Waals surface area contributed by atoms with Crippen LogP contribution in [0, 0.1) is 6.92 Å². The highest BCUT2D eigenvalue weighted by Gasteiger charge is 2.19. The fourth-order valence-electron chi connectivity index (χ4n) is 2.66. The van der Waals surface area contributed by atoms with Crippen LogP contribution in [0.1, 0.15) is 37.4 Å². The van der Waals surface area contributed by atoms with E-state index in [2.05, 4.69) is 5.32 Å². The zero-order valence-electron chi connectivity index (χ0n) is 11.8. The zero-order valence-corrected chi connectivity index (χ0v) is 11.8. The molecule has 21 heavy (non-hydrogen) atoms. The van der Waals surface area contributed by atoms with Crippen LogP contribution < -0.4 is 11.1 Å². The highest BCUT2D eigenvalue weighted by molar-refractivity contribution is 6.11. The minimum absolute atomic E-state index is 0.116. The van der Waals surface area contributed by atoms with Gasteiger partial charge in [-0.15, -0.1) is 0 Å². The number of amides is 1. The monoisotopic (exact) mass is 280 g/mol. The number of ketones is 1. The van der Waals surface area contributed by atoms with E-state index in [0.717, 1.165) is 17.5 Å². The van der Waals surface area contributed by atoms with Gasteiger partial charge < -0.3 is 11.1 Å². The molecular formula is C17H16N2O2. The van der Waals surface area contributed by atoms with Gasteiger partial charge >= 0.3 is 0 Å². The lowest BCUT2D eigenvalue weighted by molar-refractivity contribution is 0.0946. The van der Waals surface area contributed by atoms with Crippen LogP contribution in [0.3, 0.4) is 0 Å². The van der Waals surface area contributed by atoms with Gasteiger partial charge in [0.25, 0.3) is 5.91 Å². The predicted molar refractivity (Wildman–Crippen MR) is 81.5 cm³/mol. The van der Waals surface area contributed by atoms with E-state index in [1.54, 1.807) is 24.3 Å². The Kier molecular flexibility index (Phi) is 3.22. The lowest BCUT2D eigenvalue weighted by Crippen LogP contribution is -2.32. The van der Waals surface area contributed by atoms with Crippen molar-refractivity contribution in [3.8, 4) is 0 Å². The molecule has 1 amide bonds. The van der Waals surface area contributed by atoms with Gasteiger partial charge in [-0.2, -0.15) is 0 Å². The Hall–Kier alpha value is -2.62. The standard InChI is InChI=1S/C17H16N2O2/c1-10-6-13(8-14(18)7-10)16(20)12-3-2-11-4-5-19-17(21)15(11)9-12/h2-3,6-9H,4-5,18H2,1H3,(H,19,21). The summed E-state index contributed by atoms with van der Waals surface area (Å²) in [5.74, 6) is -0.235. The van der Waals surface area contributed by atoms with Gasteiger partial charge in [0.15, 0.2) is 5.78 Å². The second-order valence-electron chi connectivity index (χ2n) is 5.34. The Bertz CT molecular complexity index is 730. The Labute approximate surface area is 123 Å². The molecule has 0 unspecified atom stereocenters. The normalized spacial score (nSPS) is 13.5. The molecule has 1 heterocycles. The van der Waals surface area contributed by atoms with Gasteiger partial charge in [0.05, 0.1) is 0 Å². The molecule has 3 N–H and O–H groups in total. The third-order valence-electron chi connectivity index (χ3n) is 3.66. The molecule has 2 aromatic carbocycles. The first-order valence-corrected chi connectivity index (χ1v) is 6.87. The summed E-state index contributed by atoms with van der Waals surface area (Å²) in [6.45, 7) is 2.54. The number of benzene rings is 2. The van der Waals surface area contributed by atoms with Crippen LogP contribution >= 0.6 is 0 Å². The molecule has 4 heteroatoms. The Morgan fingerprint density at radius 1 is 1.14 bits per heavy atom. The van der Waals surface area contributed by atoms with E-state index in [1.165, 1.54) is 0 Å². The van der Waals surface area contributed by atoms with Crippen LogP contribution in [0.5, 0.6) is 0 Å². The number of anilines is 1. The second-order valence-corrected chi connectivity index (χ2v) is 5.34. The Morgan fingerprint density at radius 2 is 1.95 bits per heavy atom. The van der Waals surface area contributed by atoms with Crippen molar-refractivity contribution in [3.63, 3.8) is 0 Å². The Balaban J connectivity index is 2.02. The minimum Gasteiger partial charge on any atom is -0.399 e. The van der Waals surface area contributed by atoms with Gasteiger partial charge in [-0.3, -0.25) is 9.59 Å². The van der Waals surface area contributed by atoms with Crippen molar-refractivity contribution in [1.82, 2.24) is 5.32 Å². The number of carbonyl (C=O) groups is 2. The van der Waals surface area contributed by atoms with E-state index in [4.69, 9.17) is 5.73 Å². The molecule has 0 fully saturated rings. The van der Waals surface area contributed by atoms with E-state index >= 15 is 0 Å². The molecule has 0 bridgehead atoms. The number of nitrogens with one attached hydrogen (secondary N) is 1. The van der Waals surface area contributed by atoms with Crippen molar-refractivity contribution in [2.24, 2.45) is 0 Å². The highest BCUT2D eigenvalue weighted by atomic mass is 16.1. The van der Waals surface area contributed by atoms with Crippen molar-refractivity contribution in [2.45, 2.75) is 13.3 Å². The lowest BCUT2D eigenvalue weighted by atomic mass is 9.94. The largest absolute Gasteiger partial charge is 0.399 e. The molecule has 0 atom stereocenters. The Morgan fingerprint density at radius 3 is 2.71 bits per heavy atom. The summed E-state index contributed by atoms with van der Waals surface area (Å²) in [4.78, 5) is 24.4. The summed E-state index contributed by atoms with van der Waals surface area (Å²) in [6.07, 6.45) is 0.799. The van der Waals surface area contributed by atoms with Gasteiger partial charge in [0, 0.05) is 28.9 Å². The predicted octanol–water partition coefficient (Wildman–Crippen LogP) is 2.09. The lowest BCUT2D eigenvalue weighted by Gasteiger charge is -2.17. The number of nitrogens with two attached hydrogens (primary N) is 1. The fraction of sp³-hybridized carbons (Fsp3) is 0.176. The van der Waals surface area contributed by atoms with Crippen LogP contribution in [-0.2, 0) is 6.42 Å². The van der Waals surface area contributed by atoms with Crippen molar-refractivity contribution in [3.05, 3.63) is 64.2 Å². The second kappa shape index (κ2) is 5.05. The number of fused-ring (bicyclic) bond motifs is 1. The van der Waals surface area contributed by atoms with E-state index in [9.17, 15) is 9.59 Å². The summed E-state index contributed by atoms with van der Waals surface area (Å²) in [5.41, 5.74) is 9.93. The quantitative estimate of drug-likeness (QED) is 0.653.